The second-order valence-corrected chi connectivity index (χ2v) is 17.6. The Labute approximate surface area is 137 Å². The van der Waals surface area contributed by atoms with Crippen molar-refractivity contribution in [1.82, 2.24) is 0 Å². The van der Waals surface area contributed by atoms with E-state index in [1.165, 1.54) is 0 Å². The second kappa shape index (κ2) is 5.41. The van der Waals surface area contributed by atoms with Gasteiger partial charge in [-0.3, -0.25) is 0 Å². The molecule has 0 radical (unpaired) electrons. The van der Waals surface area contributed by atoms with Crippen LogP contribution in [0.2, 0.25) is 16.0 Å². The molecule has 1 rings (SSSR count). The van der Waals surface area contributed by atoms with Crippen LogP contribution >= 0.6 is 0 Å². The average Bonchev–Trinajstić information content (AvgIpc) is 2.21. The molecule has 22 heavy (non-hydrogen) atoms. The van der Waals surface area contributed by atoms with Crippen molar-refractivity contribution >= 4 is 23.7 Å². The molecule has 4 nitrogen and oxygen atoms in total. The summed E-state index contributed by atoms with van der Waals surface area (Å²) >= 11 is -3.33. The molecule has 0 aromatic rings. The normalized spacial score (nSPS) is 25.7. The molecule has 1 fully saturated rings. The first-order valence-corrected chi connectivity index (χ1v) is 13.8. The van der Waals surface area contributed by atoms with E-state index in [2.05, 4.69) is 0 Å². The first kappa shape index (κ1) is 20.4. The van der Waals surface area contributed by atoms with E-state index in [-0.39, 0.29) is 0 Å². The molecular formula is C15H31FO4SSe. The van der Waals surface area contributed by atoms with Gasteiger partial charge >= 0.3 is 138 Å². The summed E-state index contributed by atoms with van der Waals surface area (Å²) in [4.78, 5) is 0. The predicted octanol–water partition coefficient (Wildman–Crippen LogP) is 4.17. The fourth-order valence-corrected chi connectivity index (χ4v) is 11.4. The third-order valence-corrected chi connectivity index (χ3v) is 15.4. The van der Waals surface area contributed by atoms with Crippen molar-refractivity contribution in [3.8, 4) is 0 Å². The zero-order valence-electron chi connectivity index (χ0n) is 15.0. The summed E-state index contributed by atoms with van der Waals surface area (Å²) in [5.41, 5.74) is -2.01. The molecule has 0 saturated heterocycles. The summed E-state index contributed by atoms with van der Waals surface area (Å²) in [5.74, 6) is 3.35. The van der Waals surface area contributed by atoms with Crippen molar-refractivity contribution in [2.45, 2.75) is 82.4 Å². The standard InChI is InChI=1S/C15H31FO4SSe/c1-12(2)10-9-11-13(3,4)15(12,17)14(5,6)22(7,8)20-21(16,18)19/h17H,9-11H2,1-8H3. The Morgan fingerprint density at radius 1 is 1.09 bits per heavy atom. The Balaban J connectivity index is 3.50. The number of rotatable bonds is 4. The van der Waals surface area contributed by atoms with Gasteiger partial charge in [0.25, 0.3) is 0 Å². The van der Waals surface area contributed by atoms with E-state index < -0.39 is 44.4 Å². The Bertz CT molecular complexity index is 522. The zero-order chi connectivity index (χ0) is 17.8. The van der Waals surface area contributed by atoms with E-state index in [9.17, 15) is 17.4 Å². The molecule has 1 aliphatic carbocycles. The van der Waals surface area contributed by atoms with Crippen LogP contribution in [-0.2, 0) is 13.8 Å². The van der Waals surface area contributed by atoms with Crippen molar-refractivity contribution in [1.29, 1.82) is 0 Å². The quantitative estimate of drug-likeness (QED) is 0.563. The van der Waals surface area contributed by atoms with Gasteiger partial charge in [-0.1, -0.05) is 0 Å². The number of hydrogen-bond donors (Lipinski definition) is 1. The maximum atomic E-state index is 13.2. The molecule has 0 amide bonds. The van der Waals surface area contributed by atoms with Crippen molar-refractivity contribution in [3.05, 3.63) is 0 Å². The van der Waals surface area contributed by atoms with Crippen LogP contribution in [0.15, 0.2) is 0 Å². The second-order valence-electron chi connectivity index (χ2n) is 8.54. The third-order valence-electron chi connectivity index (χ3n) is 5.91. The van der Waals surface area contributed by atoms with E-state index in [1.807, 2.05) is 41.5 Å². The minimum absolute atomic E-state index is 0.420. The monoisotopic (exact) mass is 406 g/mol. The third kappa shape index (κ3) is 3.00. The summed E-state index contributed by atoms with van der Waals surface area (Å²) in [6.45, 7) is 11.7. The Hall–Kier alpha value is 0.319. The molecule has 0 aromatic carbocycles. The number of aliphatic hydroxyl groups is 1. The fourth-order valence-electron chi connectivity index (χ4n) is 4.52. The van der Waals surface area contributed by atoms with Crippen LogP contribution in [-0.4, -0.2) is 32.3 Å². The first-order valence-electron chi connectivity index (χ1n) is 7.52. The predicted molar refractivity (Wildman–Crippen MR) is 89.0 cm³/mol. The molecule has 0 aliphatic heterocycles. The van der Waals surface area contributed by atoms with Gasteiger partial charge in [-0.15, -0.1) is 0 Å². The van der Waals surface area contributed by atoms with Crippen LogP contribution in [0.1, 0.15) is 60.8 Å². The van der Waals surface area contributed by atoms with Crippen molar-refractivity contribution in [3.63, 3.8) is 0 Å². The van der Waals surface area contributed by atoms with E-state index in [1.54, 1.807) is 11.6 Å². The Morgan fingerprint density at radius 2 is 1.45 bits per heavy atom. The maximum absolute atomic E-state index is 13.2. The van der Waals surface area contributed by atoms with Gasteiger partial charge in [0.2, 0.25) is 0 Å². The first-order chi connectivity index (χ1) is 9.41. The van der Waals surface area contributed by atoms with Crippen molar-refractivity contribution in [2.24, 2.45) is 10.8 Å². The van der Waals surface area contributed by atoms with E-state index in [4.69, 9.17) is 3.27 Å². The molecule has 0 unspecified atom stereocenters. The SMILES string of the molecule is CC1(C)CCCC(C)(C)C1(O)C(C)(C)[Se](C)(C)OS(=O)(=O)F. The Kier molecular flexibility index (Phi) is 5.01. The molecular weight excluding hydrogens is 374 g/mol. The topological polar surface area (TPSA) is 63.6 Å². The molecule has 0 heterocycles. The van der Waals surface area contributed by atoms with E-state index in [0.717, 1.165) is 19.3 Å². The summed E-state index contributed by atoms with van der Waals surface area (Å²) in [6.07, 6.45) is 2.68. The average molecular weight is 405 g/mol. The summed E-state index contributed by atoms with van der Waals surface area (Å²) < 4.78 is 39.4. The summed E-state index contributed by atoms with van der Waals surface area (Å²) in [6, 6.07) is 0. The molecule has 7 heteroatoms. The molecule has 0 atom stereocenters. The molecule has 1 saturated carbocycles. The van der Waals surface area contributed by atoms with Crippen LogP contribution in [0.4, 0.5) is 3.89 Å². The van der Waals surface area contributed by atoms with Crippen molar-refractivity contribution < 1.29 is 20.7 Å². The molecule has 0 bridgehead atoms. The van der Waals surface area contributed by atoms with Gasteiger partial charge in [-0.2, -0.15) is 0 Å². The van der Waals surface area contributed by atoms with Crippen LogP contribution in [0.25, 0.3) is 0 Å². The van der Waals surface area contributed by atoms with Crippen LogP contribution in [0.5, 0.6) is 0 Å². The van der Waals surface area contributed by atoms with Crippen molar-refractivity contribution in [2.75, 3.05) is 0 Å². The Morgan fingerprint density at radius 3 is 1.77 bits per heavy atom. The van der Waals surface area contributed by atoms with Crippen LogP contribution < -0.4 is 0 Å². The molecule has 1 aliphatic rings. The van der Waals surface area contributed by atoms with Crippen LogP contribution in [0, 0.1) is 10.8 Å². The molecule has 0 spiro atoms. The fraction of sp³-hybridized carbons (Fsp3) is 1.00. The van der Waals surface area contributed by atoms with Gasteiger partial charge in [0, 0.05) is 0 Å². The van der Waals surface area contributed by atoms with Gasteiger partial charge < -0.3 is 0 Å². The zero-order valence-corrected chi connectivity index (χ0v) is 17.5. The van der Waals surface area contributed by atoms with Gasteiger partial charge in [-0.25, -0.2) is 0 Å². The molecule has 1 N–H and O–H groups in total. The van der Waals surface area contributed by atoms with E-state index in [0.29, 0.717) is 0 Å². The summed E-state index contributed by atoms with van der Waals surface area (Å²) in [7, 11) is -5.05. The van der Waals surface area contributed by atoms with E-state index >= 15 is 0 Å². The van der Waals surface area contributed by atoms with Gasteiger partial charge in [0.15, 0.2) is 0 Å². The van der Waals surface area contributed by atoms with Gasteiger partial charge in [0.1, 0.15) is 0 Å². The summed E-state index contributed by atoms with van der Waals surface area (Å²) in [5, 5.41) is 11.8. The molecule has 134 valence electrons. The number of halogens is 1. The van der Waals surface area contributed by atoms with Gasteiger partial charge in [0.05, 0.1) is 0 Å². The number of hydrogen-bond acceptors (Lipinski definition) is 4. The van der Waals surface area contributed by atoms with Gasteiger partial charge in [-0.05, 0) is 0 Å². The van der Waals surface area contributed by atoms with Crippen LogP contribution in [0.3, 0.4) is 0 Å². The minimum atomic E-state index is -5.05. The molecule has 0 aromatic heterocycles.